The van der Waals surface area contributed by atoms with Crippen LogP contribution in [0.1, 0.15) is 0 Å². The Hall–Kier alpha value is -1.72. The lowest BCUT2D eigenvalue weighted by molar-refractivity contribution is -0.115. The van der Waals surface area contributed by atoms with Gasteiger partial charge in [0.25, 0.3) is 0 Å². The van der Waals surface area contributed by atoms with Crippen LogP contribution < -0.4 is 5.32 Å². The van der Waals surface area contributed by atoms with Crippen LogP contribution >= 0.6 is 0 Å². The number of nitrogens with zero attached hydrogens (tertiary/aromatic N) is 2. The van der Waals surface area contributed by atoms with Gasteiger partial charge in [-0.05, 0) is 18.2 Å². The lowest BCUT2D eigenvalue weighted by Crippen LogP contribution is -2.21. The van der Waals surface area contributed by atoms with Gasteiger partial charge in [0.1, 0.15) is 6.54 Å². The topological polar surface area (TPSA) is 29.9 Å². The number of halogens is 3. The summed E-state index contributed by atoms with van der Waals surface area (Å²) in [5.41, 5.74) is 1.98. The molecule has 3 nitrogen and oxygen atoms in total. The van der Waals surface area contributed by atoms with Gasteiger partial charge >= 0.3 is 6.18 Å². The minimum absolute atomic E-state index is 0.420. The van der Waals surface area contributed by atoms with Crippen molar-refractivity contribution in [3.05, 3.63) is 24.5 Å². The van der Waals surface area contributed by atoms with Crippen LogP contribution in [0.4, 0.5) is 18.9 Å². The summed E-state index contributed by atoms with van der Waals surface area (Å²) in [4.78, 5) is 4.07. The minimum Gasteiger partial charge on any atom is -0.376 e. The van der Waals surface area contributed by atoms with Crippen molar-refractivity contribution in [2.75, 3.05) is 11.9 Å². The molecule has 0 spiro atoms. The summed E-state index contributed by atoms with van der Waals surface area (Å²) in [6.45, 7) is -1.04. The van der Waals surface area contributed by atoms with E-state index in [1.54, 1.807) is 24.5 Å². The van der Waals surface area contributed by atoms with Crippen molar-refractivity contribution in [1.29, 1.82) is 0 Å². The van der Waals surface area contributed by atoms with Crippen molar-refractivity contribution in [3.8, 4) is 0 Å². The maximum Gasteiger partial charge on any atom is 0.405 e. The molecule has 0 fully saturated rings. The molecule has 0 aliphatic rings. The summed E-state index contributed by atoms with van der Waals surface area (Å²) in [5, 5.41) is 2.31. The van der Waals surface area contributed by atoms with Crippen molar-refractivity contribution in [2.45, 2.75) is 6.18 Å². The Morgan fingerprint density at radius 3 is 2.81 bits per heavy atom. The number of rotatable bonds is 2. The molecule has 86 valence electrons. The fourth-order valence-electron chi connectivity index (χ4n) is 1.45. The van der Waals surface area contributed by atoms with Crippen molar-refractivity contribution in [3.63, 3.8) is 0 Å². The lowest BCUT2D eigenvalue weighted by atomic mass is 10.2. The SMILES string of the molecule is Cn1cnc2cc(NCC(F)(F)F)ccc21. The standard InChI is InChI=1S/C10H10F3N3/c1-16-6-15-8-4-7(2-3-9(8)16)14-5-10(11,12)13/h2-4,6,14H,5H2,1H3. The van der Waals surface area contributed by atoms with Crippen LogP contribution in [0.15, 0.2) is 24.5 Å². The average Bonchev–Trinajstić information content (AvgIpc) is 2.56. The van der Waals surface area contributed by atoms with Crippen LogP contribution in [0.25, 0.3) is 11.0 Å². The Bertz CT molecular complexity index is 501. The van der Waals surface area contributed by atoms with Crippen LogP contribution in [0.3, 0.4) is 0 Å². The molecule has 0 aliphatic carbocycles. The molecule has 0 saturated heterocycles. The summed E-state index contributed by atoms with van der Waals surface area (Å²) < 4.78 is 37.7. The summed E-state index contributed by atoms with van der Waals surface area (Å²) in [7, 11) is 1.83. The molecule has 0 saturated carbocycles. The number of benzene rings is 1. The number of aromatic nitrogens is 2. The van der Waals surface area contributed by atoms with Crippen LogP contribution in [0.2, 0.25) is 0 Å². The Kier molecular flexibility index (Phi) is 2.49. The van der Waals surface area contributed by atoms with Gasteiger partial charge in [-0.1, -0.05) is 0 Å². The van der Waals surface area contributed by atoms with Gasteiger partial charge in [0.2, 0.25) is 0 Å². The molecule has 2 aromatic rings. The highest BCUT2D eigenvalue weighted by Crippen LogP contribution is 2.20. The molecular formula is C10H10F3N3. The van der Waals surface area contributed by atoms with Gasteiger partial charge in [0.15, 0.2) is 0 Å². The van der Waals surface area contributed by atoms with Crippen LogP contribution in [-0.4, -0.2) is 22.3 Å². The summed E-state index contributed by atoms with van der Waals surface area (Å²) >= 11 is 0. The van der Waals surface area contributed by atoms with Crippen molar-refractivity contribution in [2.24, 2.45) is 7.05 Å². The Morgan fingerprint density at radius 1 is 1.38 bits per heavy atom. The lowest BCUT2D eigenvalue weighted by Gasteiger charge is -2.09. The largest absolute Gasteiger partial charge is 0.405 e. The molecule has 2 rings (SSSR count). The van der Waals surface area contributed by atoms with Crippen molar-refractivity contribution >= 4 is 16.7 Å². The molecule has 0 aliphatic heterocycles. The fraction of sp³-hybridized carbons (Fsp3) is 0.300. The maximum absolute atomic E-state index is 12.0. The Labute approximate surface area is 89.9 Å². The Balaban J connectivity index is 2.20. The number of hydrogen-bond acceptors (Lipinski definition) is 2. The molecule has 1 aromatic heterocycles. The highest BCUT2D eigenvalue weighted by atomic mass is 19.4. The minimum atomic E-state index is -4.21. The maximum atomic E-state index is 12.0. The van der Waals surface area contributed by atoms with E-state index in [4.69, 9.17) is 0 Å². The zero-order chi connectivity index (χ0) is 11.8. The summed E-state index contributed by atoms with van der Waals surface area (Å²) in [6, 6.07) is 4.94. The number of alkyl halides is 3. The third kappa shape index (κ3) is 2.26. The predicted octanol–water partition coefficient (Wildman–Crippen LogP) is 2.55. The van der Waals surface area contributed by atoms with E-state index in [2.05, 4.69) is 10.3 Å². The third-order valence-electron chi connectivity index (χ3n) is 2.22. The van der Waals surface area contributed by atoms with Crippen molar-refractivity contribution in [1.82, 2.24) is 9.55 Å². The summed E-state index contributed by atoms with van der Waals surface area (Å²) in [5.74, 6) is 0. The summed E-state index contributed by atoms with van der Waals surface area (Å²) in [6.07, 6.45) is -2.59. The van der Waals surface area contributed by atoms with Gasteiger partial charge in [0.05, 0.1) is 17.4 Å². The second-order valence-electron chi connectivity index (χ2n) is 3.53. The second-order valence-corrected chi connectivity index (χ2v) is 3.53. The average molecular weight is 229 g/mol. The Morgan fingerprint density at radius 2 is 2.12 bits per heavy atom. The number of imidazole rings is 1. The van der Waals surface area contributed by atoms with E-state index in [1.807, 2.05) is 11.6 Å². The number of hydrogen-bond donors (Lipinski definition) is 1. The van der Waals surface area contributed by atoms with Crippen LogP contribution in [0, 0.1) is 0 Å². The van der Waals surface area contributed by atoms with E-state index in [1.165, 1.54) is 0 Å². The van der Waals surface area contributed by atoms with E-state index < -0.39 is 12.7 Å². The van der Waals surface area contributed by atoms with Crippen LogP contribution in [0.5, 0.6) is 0 Å². The van der Waals surface area contributed by atoms with Gasteiger partial charge in [-0.15, -0.1) is 0 Å². The number of fused-ring (bicyclic) bond motifs is 1. The van der Waals surface area contributed by atoms with Gasteiger partial charge in [-0.3, -0.25) is 0 Å². The number of nitrogens with one attached hydrogen (secondary N) is 1. The normalized spacial score (nSPS) is 12.0. The van der Waals surface area contributed by atoms with Crippen molar-refractivity contribution < 1.29 is 13.2 Å². The van der Waals surface area contributed by atoms with E-state index in [9.17, 15) is 13.2 Å². The highest BCUT2D eigenvalue weighted by Gasteiger charge is 2.26. The molecular weight excluding hydrogens is 219 g/mol. The zero-order valence-electron chi connectivity index (χ0n) is 8.54. The van der Waals surface area contributed by atoms with E-state index in [-0.39, 0.29) is 0 Å². The fourth-order valence-corrected chi connectivity index (χ4v) is 1.45. The first-order valence-corrected chi connectivity index (χ1v) is 4.67. The predicted molar refractivity (Wildman–Crippen MR) is 55.3 cm³/mol. The van der Waals surface area contributed by atoms with Gasteiger partial charge < -0.3 is 9.88 Å². The van der Waals surface area contributed by atoms with Gasteiger partial charge in [-0.2, -0.15) is 13.2 Å². The van der Waals surface area contributed by atoms with Gasteiger partial charge in [-0.25, -0.2) is 4.98 Å². The molecule has 0 unspecified atom stereocenters. The molecule has 0 amide bonds. The molecule has 0 bridgehead atoms. The molecule has 0 radical (unpaired) electrons. The number of aryl methyl sites for hydroxylation is 1. The van der Waals surface area contributed by atoms with Gasteiger partial charge in [0, 0.05) is 12.7 Å². The quantitative estimate of drug-likeness (QED) is 0.857. The molecule has 6 heteroatoms. The second kappa shape index (κ2) is 3.70. The van der Waals surface area contributed by atoms with Crippen LogP contribution in [-0.2, 0) is 7.05 Å². The first-order valence-electron chi connectivity index (χ1n) is 4.67. The van der Waals surface area contributed by atoms with E-state index in [0.29, 0.717) is 11.2 Å². The highest BCUT2D eigenvalue weighted by molar-refractivity contribution is 5.79. The van der Waals surface area contributed by atoms with E-state index in [0.717, 1.165) is 5.52 Å². The molecule has 16 heavy (non-hydrogen) atoms. The molecule has 1 heterocycles. The first-order chi connectivity index (χ1) is 7.46. The number of anilines is 1. The first kappa shape index (κ1) is 10.8. The van der Waals surface area contributed by atoms with E-state index >= 15 is 0 Å². The zero-order valence-corrected chi connectivity index (χ0v) is 8.54. The monoisotopic (exact) mass is 229 g/mol. The molecule has 1 aromatic carbocycles. The smallest absolute Gasteiger partial charge is 0.376 e. The third-order valence-corrected chi connectivity index (χ3v) is 2.22. The molecule has 0 atom stereocenters. The molecule has 1 N–H and O–H groups in total.